The van der Waals surface area contributed by atoms with Crippen LogP contribution < -0.4 is 0 Å². The van der Waals surface area contributed by atoms with Crippen molar-refractivity contribution in [3.05, 3.63) is 0 Å². The lowest BCUT2D eigenvalue weighted by atomic mass is 9.32. The van der Waals surface area contributed by atoms with Gasteiger partial charge in [-0.05, 0) is 49.4 Å². The van der Waals surface area contributed by atoms with Crippen LogP contribution in [0.15, 0.2) is 0 Å². The third-order valence-electron chi connectivity index (χ3n) is 6.58. The summed E-state index contributed by atoms with van der Waals surface area (Å²) >= 11 is 0. The summed E-state index contributed by atoms with van der Waals surface area (Å²) in [5.74, 6) is 1.31. The van der Waals surface area contributed by atoms with Crippen LogP contribution in [0.1, 0.15) is 25.7 Å². The number of hydrogen-bond acceptors (Lipinski definition) is 4. The quantitative estimate of drug-likeness (QED) is 0.744. The van der Waals surface area contributed by atoms with Crippen molar-refractivity contribution in [1.29, 1.82) is 0 Å². The van der Waals surface area contributed by atoms with E-state index in [1.54, 1.807) is 0 Å². The number of rotatable bonds is 5. The van der Waals surface area contributed by atoms with Crippen molar-refractivity contribution < 1.29 is 31.6 Å². The van der Waals surface area contributed by atoms with Crippen LogP contribution in [0.2, 0.25) is 0 Å². The molecule has 6 unspecified atom stereocenters. The minimum absolute atomic E-state index is 0.00271. The molecule has 2 bridgehead atoms. The molecule has 5 nitrogen and oxygen atoms in total. The molecule has 21 heavy (non-hydrogen) atoms. The topological polar surface area (TPSA) is 83.8 Å². The van der Waals surface area contributed by atoms with Crippen molar-refractivity contribution in [3.63, 3.8) is 0 Å². The molecule has 4 aliphatic rings. The van der Waals surface area contributed by atoms with Gasteiger partial charge >= 0.3 is 15.4 Å². The van der Waals surface area contributed by atoms with Gasteiger partial charge in [-0.3, -0.25) is 4.55 Å². The van der Waals surface area contributed by atoms with Gasteiger partial charge in [-0.2, -0.15) is 17.2 Å². The molecule has 4 rings (SSSR count). The molecule has 0 aromatic heterocycles. The van der Waals surface area contributed by atoms with Crippen molar-refractivity contribution >= 4 is 10.1 Å². The van der Waals surface area contributed by atoms with Crippen LogP contribution >= 0.6 is 0 Å². The van der Waals surface area contributed by atoms with E-state index >= 15 is 0 Å². The van der Waals surface area contributed by atoms with Crippen LogP contribution in [0.25, 0.3) is 0 Å². The molecule has 0 amide bonds. The Kier molecular flexibility index (Phi) is 2.57. The van der Waals surface area contributed by atoms with Gasteiger partial charge in [-0.15, -0.1) is 0 Å². The van der Waals surface area contributed by atoms with Gasteiger partial charge in [0.1, 0.15) is 6.61 Å². The van der Waals surface area contributed by atoms with E-state index in [1.807, 2.05) is 0 Å². The molecule has 4 saturated carbocycles. The van der Waals surface area contributed by atoms with Gasteiger partial charge in [0.05, 0.1) is 12.2 Å². The van der Waals surface area contributed by atoms with E-state index in [0.717, 1.165) is 19.3 Å². The minimum Gasteiger partial charge on any atom is -0.389 e. The highest BCUT2D eigenvalue weighted by Crippen LogP contribution is 2.84. The highest BCUT2D eigenvalue weighted by atomic mass is 32.2. The summed E-state index contributed by atoms with van der Waals surface area (Å²) in [5, 5.41) is 6.28. The summed E-state index contributed by atoms with van der Waals surface area (Å²) in [6.45, 7) is -1.24. The van der Waals surface area contributed by atoms with Crippen molar-refractivity contribution in [2.24, 2.45) is 29.1 Å². The summed E-state index contributed by atoms with van der Waals surface area (Å²) in [5.41, 5.74) is -0.544. The molecule has 0 aliphatic heterocycles. The molecule has 1 spiro atoms. The zero-order chi connectivity index (χ0) is 15.3. The van der Waals surface area contributed by atoms with Gasteiger partial charge < -0.3 is 9.84 Å². The minimum atomic E-state index is -5.43. The Morgan fingerprint density at radius 2 is 1.95 bits per heavy atom. The van der Waals surface area contributed by atoms with Gasteiger partial charge in [0.2, 0.25) is 0 Å². The second-order valence-corrected chi connectivity index (χ2v) is 8.84. The molecular formula is C13H18F2O5S. The van der Waals surface area contributed by atoms with E-state index in [4.69, 9.17) is 9.29 Å². The number of aliphatic hydroxyl groups is 1. The van der Waals surface area contributed by atoms with Crippen LogP contribution in [0.4, 0.5) is 8.78 Å². The molecule has 0 radical (unpaired) electrons. The Hall–Kier alpha value is -0.310. The first kappa shape index (κ1) is 14.3. The predicted molar refractivity (Wildman–Crippen MR) is 67.1 cm³/mol. The number of ether oxygens (including phenoxy) is 1. The maximum absolute atomic E-state index is 13.1. The average Bonchev–Trinajstić information content (AvgIpc) is 2.80. The number of alkyl halides is 2. The summed E-state index contributed by atoms with van der Waals surface area (Å²) in [4.78, 5) is 0. The fraction of sp³-hybridized carbons (Fsp3) is 1.00. The summed E-state index contributed by atoms with van der Waals surface area (Å²) < 4.78 is 60.5. The lowest BCUT2D eigenvalue weighted by molar-refractivity contribution is -0.325. The van der Waals surface area contributed by atoms with Gasteiger partial charge in [-0.1, -0.05) is 0 Å². The van der Waals surface area contributed by atoms with E-state index in [1.165, 1.54) is 0 Å². The Bertz CT molecular complexity index is 593. The van der Waals surface area contributed by atoms with Crippen molar-refractivity contribution in [1.82, 2.24) is 0 Å². The summed E-state index contributed by atoms with van der Waals surface area (Å²) in [6.07, 6.45) is 3.63. The van der Waals surface area contributed by atoms with E-state index in [2.05, 4.69) is 0 Å². The van der Waals surface area contributed by atoms with Crippen LogP contribution in [0.3, 0.4) is 0 Å². The Morgan fingerprint density at radius 1 is 1.24 bits per heavy atom. The maximum atomic E-state index is 13.1. The number of halogens is 2. The zero-order valence-electron chi connectivity index (χ0n) is 11.3. The van der Waals surface area contributed by atoms with E-state index in [-0.39, 0.29) is 17.9 Å². The van der Waals surface area contributed by atoms with Gasteiger partial charge in [0.25, 0.3) is 0 Å². The van der Waals surface area contributed by atoms with Crippen LogP contribution in [-0.2, 0) is 14.9 Å². The molecule has 0 heterocycles. The Labute approximate surface area is 121 Å². The number of fused-ring (bicyclic) bond motifs is 1. The first-order valence-electron chi connectivity index (χ1n) is 7.26. The summed E-state index contributed by atoms with van der Waals surface area (Å²) in [7, 11) is -5.43. The molecule has 6 atom stereocenters. The lowest BCUT2D eigenvalue weighted by Gasteiger charge is -2.74. The number of hydrogen-bond donors (Lipinski definition) is 2. The molecule has 120 valence electrons. The van der Waals surface area contributed by atoms with Gasteiger partial charge in [-0.25, -0.2) is 0 Å². The highest BCUT2D eigenvalue weighted by molar-refractivity contribution is 7.86. The second kappa shape index (κ2) is 3.77. The smallest absolute Gasteiger partial charge is 0.389 e. The monoisotopic (exact) mass is 324 g/mol. The molecule has 2 N–H and O–H groups in total. The van der Waals surface area contributed by atoms with Gasteiger partial charge in [0.15, 0.2) is 0 Å². The fourth-order valence-corrected chi connectivity index (χ4v) is 6.20. The molecule has 8 heteroatoms. The largest absolute Gasteiger partial charge is 0.392 e. The SMILES string of the molecule is O=S(=O)(O)C(F)(F)COCC1C2CC3CC4(O)CC1C24C3. The lowest BCUT2D eigenvalue weighted by Crippen LogP contribution is -2.75. The zero-order valence-corrected chi connectivity index (χ0v) is 12.2. The standard InChI is InChI=1S/C13H18F2O5S/c14-13(15,21(17,18)19)6-20-5-8-9-1-7-2-11(16)4-10(8)12(9,11)3-7/h7-10,16H,1-6H2,(H,17,18,19). The Morgan fingerprint density at radius 3 is 2.57 bits per heavy atom. The van der Waals surface area contributed by atoms with E-state index in [9.17, 15) is 22.3 Å². The van der Waals surface area contributed by atoms with Gasteiger partial charge in [0, 0.05) is 5.41 Å². The Balaban J connectivity index is 1.37. The van der Waals surface area contributed by atoms with E-state index in [0.29, 0.717) is 24.2 Å². The van der Waals surface area contributed by atoms with Crippen molar-refractivity contribution in [2.75, 3.05) is 13.2 Å². The second-order valence-electron chi connectivity index (χ2n) is 7.29. The third kappa shape index (κ3) is 1.52. The predicted octanol–water partition coefficient (Wildman–Crippen LogP) is 1.28. The molecule has 0 aromatic carbocycles. The summed E-state index contributed by atoms with van der Waals surface area (Å²) in [6, 6.07) is 0. The first-order chi connectivity index (χ1) is 9.61. The van der Waals surface area contributed by atoms with Crippen molar-refractivity contribution in [2.45, 2.75) is 36.5 Å². The van der Waals surface area contributed by atoms with Crippen LogP contribution in [0.5, 0.6) is 0 Å². The highest BCUT2D eigenvalue weighted by Gasteiger charge is 2.83. The molecule has 4 fully saturated rings. The van der Waals surface area contributed by atoms with Crippen molar-refractivity contribution in [3.8, 4) is 0 Å². The van der Waals surface area contributed by atoms with Crippen LogP contribution in [-0.4, -0.2) is 42.1 Å². The average molecular weight is 324 g/mol. The van der Waals surface area contributed by atoms with E-state index < -0.39 is 27.6 Å². The molecular weight excluding hydrogens is 306 g/mol. The van der Waals surface area contributed by atoms with Crippen LogP contribution in [0, 0.1) is 29.1 Å². The fourth-order valence-electron chi connectivity index (χ4n) is 5.97. The molecule has 4 aliphatic carbocycles. The maximum Gasteiger partial charge on any atom is 0.392 e. The molecule has 0 saturated heterocycles. The molecule has 0 aromatic rings. The third-order valence-corrected chi connectivity index (χ3v) is 7.45. The first-order valence-corrected chi connectivity index (χ1v) is 8.70. The normalized spacial score (nSPS) is 50.5.